The molecule has 1 amide bonds. The van der Waals surface area contributed by atoms with Crippen LogP contribution in [0.5, 0.6) is 0 Å². The smallest absolute Gasteiger partial charge is 0.224 e. The summed E-state index contributed by atoms with van der Waals surface area (Å²) in [5.41, 5.74) is 2.33. The van der Waals surface area contributed by atoms with Gasteiger partial charge in [-0.2, -0.15) is 0 Å². The molecule has 1 aliphatic rings. The van der Waals surface area contributed by atoms with Gasteiger partial charge < -0.3 is 15.1 Å². The highest BCUT2D eigenvalue weighted by molar-refractivity contribution is 5.76. The van der Waals surface area contributed by atoms with Crippen molar-refractivity contribution < 1.29 is 4.79 Å². The first kappa shape index (κ1) is 14.9. The minimum Gasteiger partial charge on any atom is -0.385 e. The van der Waals surface area contributed by atoms with E-state index in [4.69, 9.17) is 0 Å². The van der Waals surface area contributed by atoms with Crippen LogP contribution in [0.15, 0.2) is 24.3 Å². The average Bonchev–Trinajstić information content (AvgIpc) is 2.49. The number of carbonyl (C=O) groups is 1. The molecule has 1 aromatic rings. The summed E-state index contributed by atoms with van der Waals surface area (Å²) in [6, 6.07) is 8.27. The van der Waals surface area contributed by atoms with Gasteiger partial charge in [0.05, 0.1) is 0 Å². The number of likely N-dealkylation sites (N-methyl/N-ethyl adjacent to an activating group) is 1. The zero-order valence-corrected chi connectivity index (χ0v) is 12.6. The third-order valence-corrected chi connectivity index (χ3v) is 3.89. The molecule has 1 aromatic carbocycles. The lowest BCUT2D eigenvalue weighted by Gasteiger charge is -2.34. The molecule has 0 saturated carbocycles. The molecule has 0 aromatic heterocycles. The molecule has 0 unspecified atom stereocenters. The number of carbonyl (C=O) groups excluding carboxylic acids is 1. The Balaban J connectivity index is 1.69. The number of piperazine rings is 1. The summed E-state index contributed by atoms with van der Waals surface area (Å²) < 4.78 is 0. The predicted molar refractivity (Wildman–Crippen MR) is 83.0 cm³/mol. The van der Waals surface area contributed by atoms with Gasteiger partial charge >= 0.3 is 0 Å². The standard InChI is InChI=1S/C16H25N3O/c1-3-18-10-12-19(13-11-18)16(20)8-9-17-15-6-4-14(2)5-7-15/h4-7,17H,3,8-13H2,1-2H3. The van der Waals surface area contributed by atoms with Crippen molar-refractivity contribution in [2.24, 2.45) is 0 Å². The van der Waals surface area contributed by atoms with Crippen LogP contribution < -0.4 is 5.32 Å². The second-order valence-electron chi connectivity index (χ2n) is 5.36. The quantitative estimate of drug-likeness (QED) is 0.892. The molecule has 0 aliphatic carbocycles. The van der Waals surface area contributed by atoms with Crippen LogP contribution in [-0.4, -0.2) is 55.0 Å². The Hall–Kier alpha value is -1.55. The highest BCUT2D eigenvalue weighted by Crippen LogP contribution is 2.09. The van der Waals surface area contributed by atoms with Crippen molar-refractivity contribution in [1.29, 1.82) is 0 Å². The van der Waals surface area contributed by atoms with Gasteiger partial charge in [-0.3, -0.25) is 4.79 Å². The minimum absolute atomic E-state index is 0.264. The molecule has 1 fully saturated rings. The van der Waals surface area contributed by atoms with Gasteiger partial charge in [0.25, 0.3) is 0 Å². The monoisotopic (exact) mass is 275 g/mol. The molecule has 1 aliphatic heterocycles. The number of hydrogen-bond acceptors (Lipinski definition) is 3. The third-order valence-electron chi connectivity index (χ3n) is 3.89. The zero-order valence-electron chi connectivity index (χ0n) is 12.6. The molecular weight excluding hydrogens is 250 g/mol. The van der Waals surface area contributed by atoms with Crippen LogP contribution in [0.4, 0.5) is 5.69 Å². The van der Waals surface area contributed by atoms with Crippen LogP contribution in [0.1, 0.15) is 18.9 Å². The average molecular weight is 275 g/mol. The van der Waals surface area contributed by atoms with E-state index in [1.165, 1.54) is 5.56 Å². The highest BCUT2D eigenvalue weighted by Gasteiger charge is 2.19. The Morgan fingerprint density at radius 3 is 2.40 bits per heavy atom. The lowest BCUT2D eigenvalue weighted by Crippen LogP contribution is -2.48. The lowest BCUT2D eigenvalue weighted by atomic mass is 10.2. The van der Waals surface area contributed by atoms with Crippen LogP contribution in [0.3, 0.4) is 0 Å². The number of hydrogen-bond donors (Lipinski definition) is 1. The number of aryl methyl sites for hydroxylation is 1. The molecule has 4 heteroatoms. The second-order valence-corrected chi connectivity index (χ2v) is 5.36. The highest BCUT2D eigenvalue weighted by atomic mass is 16.2. The zero-order chi connectivity index (χ0) is 14.4. The Morgan fingerprint density at radius 1 is 1.15 bits per heavy atom. The van der Waals surface area contributed by atoms with E-state index in [1.807, 2.05) is 4.90 Å². The van der Waals surface area contributed by atoms with E-state index < -0.39 is 0 Å². The van der Waals surface area contributed by atoms with Gasteiger partial charge in [0.15, 0.2) is 0 Å². The molecular formula is C16H25N3O. The molecule has 20 heavy (non-hydrogen) atoms. The van der Waals surface area contributed by atoms with Crippen molar-refractivity contribution in [2.45, 2.75) is 20.3 Å². The largest absolute Gasteiger partial charge is 0.385 e. The molecule has 0 bridgehead atoms. The molecule has 4 nitrogen and oxygen atoms in total. The van der Waals surface area contributed by atoms with Gasteiger partial charge in [-0.05, 0) is 25.6 Å². The Kier molecular flexibility index (Phi) is 5.41. The van der Waals surface area contributed by atoms with Crippen molar-refractivity contribution in [1.82, 2.24) is 9.80 Å². The molecule has 0 spiro atoms. The van der Waals surface area contributed by atoms with Crippen molar-refractivity contribution in [3.05, 3.63) is 29.8 Å². The van der Waals surface area contributed by atoms with Gasteiger partial charge in [-0.1, -0.05) is 24.6 Å². The summed E-state index contributed by atoms with van der Waals surface area (Å²) in [6.45, 7) is 9.79. The van der Waals surface area contributed by atoms with Gasteiger partial charge in [-0.15, -0.1) is 0 Å². The number of benzene rings is 1. The van der Waals surface area contributed by atoms with Gasteiger partial charge in [-0.25, -0.2) is 0 Å². The summed E-state index contributed by atoms with van der Waals surface area (Å²) in [6.07, 6.45) is 0.569. The summed E-state index contributed by atoms with van der Waals surface area (Å²) in [5, 5.41) is 3.30. The van der Waals surface area contributed by atoms with Crippen LogP contribution in [-0.2, 0) is 4.79 Å². The molecule has 110 valence electrons. The van der Waals surface area contributed by atoms with Crippen molar-refractivity contribution >= 4 is 11.6 Å². The minimum atomic E-state index is 0.264. The van der Waals surface area contributed by atoms with Crippen molar-refractivity contribution in [3.8, 4) is 0 Å². The van der Waals surface area contributed by atoms with E-state index in [1.54, 1.807) is 0 Å². The number of amides is 1. The summed E-state index contributed by atoms with van der Waals surface area (Å²) in [4.78, 5) is 16.5. The summed E-state index contributed by atoms with van der Waals surface area (Å²) in [5.74, 6) is 0.264. The summed E-state index contributed by atoms with van der Waals surface area (Å²) in [7, 11) is 0. The van der Waals surface area contributed by atoms with E-state index in [0.717, 1.165) is 38.4 Å². The maximum atomic E-state index is 12.1. The Bertz CT molecular complexity index is 422. The lowest BCUT2D eigenvalue weighted by molar-refractivity contribution is -0.132. The van der Waals surface area contributed by atoms with Crippen molar-refractivity contribution in [3.63, 3.8) is 0 Å². The molecule has 1 saturated heterocycles. The predicted octanol–water partition coefficient (Wildman–Crippen LogP) is 1.96. The first-order chi connectivity index (χ1) is 9.69. The number of nitrogens with zero attached hydrogens (tertiary/aromatic N) is 2. The SMILES string of the molecule is CCN1CCN(C(=O)CCNc2ccc(C)cc2)CC1. The fourth-order valence-electron chi connectivity index (χ4n) is 2.46. The van der Waals surface area contributed by atoms with Gasteiger partial charge in [0, 0.05) is 44.8 Å². The summed E-state index contributed by atoms with van der Waals surface area (Å²) >= 11 is 0. The van der Waals surface area contributed by atoms with Crippen LogP contribution in [0.2, 0.25) is 0 Å². The van der Waals surface area contributed by atoms with Crippen LogP contribution >= 0.6 is 0 Å². The number of nitrogens with one attached hydrogen (secondary N) is 1. The van der Waals surface area contributed by atoms with Crippen molar-refractivity contribution in [2.75, 3.05) is 44.6 Å². The fraction of sp³-hybridized carbons (Fsp3) is 0.562. The van der Waals surface area contributed by atoms with E-state index in [-0.39, 0.29) is 5.91 Å². The molecule has 0 atom stereocenters. The fourth-order valence-corrected chi connectivity index (χ4v) is 2.46. The van der Waals surface area contributed by atoms with Gasteiger partial charge in [0.1, 0.15) is 0 Å². The Morgan fingerprint density at radius 2 is 1.80 bits per heavy atom. The third kappa shape index (κ3) is 4.23. The molecule has 1 N–H and O–H groups in total. The first-order valence-electron chi connectivity index (χ1n) is 7.49. The first-order valence-corrected chi connectivity index (χ1v) is 7.49. The van der Waals surface area contributed by atoms with E-state index >= 15 is 0 Å². The molecule has 0 radical (unpaired) electrons. The van der Waals surface area contributed by atoms with E-state index in [0.29, 0.717) is 13.0 Å². The van der Waals surface area contributed by atoms with Crippen LogP contribution in [0, 0.1) is 6.92 Å². The van der Waals surface area contributed by atoms with Gasteiger partial charge in [0.2, 0.25) is 5.91 Å². The van der Waals surface area contributed by atoms with Crippen LogP contribution in [0.25, 0.3) is 0 Å². The molecule has 2 rings (SSSR count). The number of anilines is 1. The second kappa shape index (κ2) is 7.29. The molecule has 1 heterocycles. The van der Waals surface area contributed by atoms with E-state index in [2.05, 4.69) is 48.3 Å². The maximum absolute atomic E-state index is 12.1. The number of rotatable bonds is 5. The topological polar surface area (TPSA) is 35.6 Å². The normalized spacial score (nSPS) is 16.2. The Labute approximate surface area is 121 Å². The van der Waals surface area contributed by atoms with E-state index in [9.17, 15) is 4.79 Å². The maximum Gasteiger partial charge on any atom is 0.224 e.